The molecule has 0 spiro atoms. The van der Waals surface area contributed by atoms with Crippen LogP contribution < -0.4 is 5.32 Å². The lowest BCUT2D eigenvalue weighted by Gasteiger charge is -2.17. The minimum Gasteiger partial charge on any atom is -0.466 e. The van der Waals surface area contributed by atoms with Crippen LogP contribution in [0.2, 0.25) is 0 Å². The van der Waals surface area contributed by atoms with Crippen molar-refractivity contribution in [1.82, 2.24) is 14.9 Å². The minimum atomic E-state index is -0.214. The number of nitrogens with one attached hydrogen (secondary N) is 1. The van der Waals surface area contributed by atoms with Gasteiger partial charge < -0.3 is 14.6 Å². The maximum Gasteiger partial charge on any atom is 0.305 e. The lowest BCUT2D eigenvalue weighted by molar-refractivity contribution is -0.143. The molecule has 118 valence electrons. The molecule has 6 heteroatoms. The molecule has 0 aromatic carbocycles. The first-order valence-corrected chi connectivity index (χ1v) is 7.57. The SMILES string of the molecule is CCCC(CC(=O)NCCCC(=O)OCC)n1ccnc1. The van der Waals surface area contributed by atoms with Gasteiger partial charge in [-0.1, -0.05) is 13.3 Å². The zero-order valence-electron chi connectivity index (χ0n) is 12.9. The number of hydrogen-bond acceptors (Lipinski definition) is 4. The highest BCUT2D eigenvalue weighted by Crippen LogP contribution is 2.17. The molecule has 0 radical (unpaired) electrons. The first kappa shape index (κ1) is 17.2. The van der Waals surface area contributed by atoms with E-state index in [2.05, 4.69) is 17.2 Å². The quantitative estimate of drug-likeness (QED) is 0.530. The highest BCUT2D eigenvalue weighted by atomic mass is 16.5. The summed E-state index contributed by atoms with van der Waals surface area (Å²) in [6.07, 6.45) is 8.68. The van der Waals surface area contributed by atoms with Gasteiger partial charge in [0.05, 0.1) is 12.9 Å². The smallest absolute Gasteiger partial charge is 0.305 e. The summed E-state index contributed by atoms with van der Waals surface area (Å²) >= 11 is 0. The van der Waals surface area contributed by atoms with Gasteiger partial charge in [0.1, 0.15) is 0 Å². The lowest BCUT2D eigenvalue weighted by Crippen LogP contribution is -2.27. The first-order valence-electron chi connectivity index (χ1n) is 7.57. The van der Waals surface area contributed by atoms with Crippen LogP contribution in [0.3, 0.4) is 0 Å². The van der Waals surface area contributed by atoms with Crippen molar-refractivity contribution < 1.29 is 14.3 Å². The Morgan fingerprint density at radius 2 is 2.19 bits per heavy atom. The number of rotatable bonds is 10. The largest absolute Gasteiger partial charge is 0.466 e. The van der Waals surface area contributed by atoms with E-state index >= 15 is 0 Å². The second-order valence-corrected chi connectivity index (χ2v) is 4.92. The molecular weight excluding hydrogens is 270 g/mol. The third-order valence-electron chi connectivity index (χ3n) is 3.17. The molecule has 1 aromatic heterocycles. The van der Waals surface area contributed by atoms with E-state index in [-0.39, 0.29) is 17.9 Å². The molecule has 0 aliphatic heterocycles. The summed E-state index contributed by atoms with van der Waals surface area (Å²) in [5.74, 6) is -0.208. The van der Waals surface area contributed by atoms with Crippen molar-refractivity contribution in [2.45, 2.75) is 52.0 Å². The third kappa shape index (κ3) is 6.92. The number of amides is 1. The molecule has 1 heterocycles. The second-order valence-electron chi connectivity index (χ2n) is 4.92. The van der Waals surface area contributed by atoms with Crippen LogP contribution in [0.5, 0.6) is 0 Å². The number of aromatic nitrogens is 2. The summed E-state index contributed by atoms with van der Waals surface area (Å²) in [6.45, 7) is 4.78. The van der Waals surface area contributed by atoms with E-state index < -0.39 is 0 Å². The number of carbonyl (C=O) groups excluding carboxylic acids is 2. The van der Waals surface area contributed by atoms with E-state index in [0.29, 0.717) is 32.4 Å². The fraction of sp³-hybridized carbons (Fsp3) is 0.667. The maximum absolute atomic E-state index is 11.9. The Balaban J connectivity index is 2.26. The maximum atomic E-state index is 11.9. The highest BCUT2D eigenvalue weighted by molar-refractivity contribution is 5.76. The van der Waals surface area contributed by atoms with Crippen molar-refractivity contribution in [2.24, 2.45) is 0 Å². The van der Waals surface area contributed by atoms with Crippen molar-refractivity contribution in [3.05, 3.63) is 18.7 Å². The molecule has 21 heavy (non-hydrogen) atoms. The Hall–Kier alpha value is -1.85. The summed E-state index contributed by atoms with van der Waals surface area (Å²) in [6, 6.07) is 0.141. The van der Waals surface area contributed by atoms with Gasteiger partial charge in [-0.25, -0.2) is 4.98 Å². The lowest BCUT2D eigenvalue weighted by atomic mass is 10.1. The minimum absolute atomic E-state index is 0.00556. The van der Waals surface area contributed by atoms with Gasteiger partial charge in [0.2, 0.25) is 5.91 Å². The summed E-state index contributed by atoms with van der Waals surface area (Å²) in [5, 5.41) is 2.85. The number of nitrogens with zero attached hydrogens (tertiary/aromatic N) is 2. The molecule has 0 aliphatic rings. The number of esters is 1. The molecule has 0 bridgehead atoms. The van der Waals surface area contributed by atoms with Crippen LogP contribution in [0.1, 0.15) is 52.0 Å². The van der Waals surface area contributed by atoms with Crippen LogP contribution in [-0.4, -0.2) is 34.6 Å². The van der Waals surface area contributed by atoms with Gasteiger partial charge in [-0.15, -0.1) is 0 Å². The third-order valence-corrected chi connectivity index (χ3v) is 3.17. The Bertz CT molecular complexity index is 418. The fourth-order valence-electron chi connectivity index (χ4n) is 2.16. The fourth-order valence-corrected chi connectivity index (χ4v) is 2.16. The van der Waals surface area contributed by atoms with Crippen LogP contribution >= 0.6 is 0 Å². The van der Waals surface area contributed by atoms with Crippen molar-refractivity contribution in [3.8, 4) is 0 Å². The standard InChI is InChI=1S/C15H25N3O3/c1-3-6-13(18-10-9-16-12-18)11-14(19)17-8-5-7-15(20)21-4-2/h9-10,12-13H,3-8,11H2,1-2H3,(H,17,19). The average Bonchev–Trinajstić information content (AvgIpc) is 2.97. The van der Waals surface area contributed by atoms with E-state index in [1.54, 1.807) is 19.4 Å². The van der Waals surface area contributed by atoms with E-state index in [1.807, 2.05) is 10.8 Å². The van der Waals surface area contributed by atoms with Gasteiger partial charge in [0.25, 0.3) is 0 Å². The van der Waals surface area contributed by atoms with Crippen molar-refractivity contribution in [2.75, 3.05) is 13.2 Å². The molecule has 1 unspecified atom stereocenters. The van der Waals surface area contributed by atoms with Crippen LogP contribution in [0.15, 0.2) is 18.7 Å². The summed E-state index contributed by atoms with van der Waals surface area (Å²) in [5.41, 5.74) is 0. The van der Waals surface area contributed by atoms with Crippen LogP contribution in [0.25, 0.3) is 0 Å². The molecule has 0 saturated heterocycles. The van der Waals surface area contributed by atoms with E-state index in [9.17, 15) is 9.59 Å². The molecule has 1 aromatic rings. The molecule has 1 amide bonds. The molecule has 0 fully saturated rings. The number of hydrogen-bond donors (Lipinski definition) is 1. The summed E-state index contributed by atoms with van der Waals surface area (Å²) < 4.78 is 6.81. The molecule has 1 atom stereocenters. The van der Waals surface area contributed by atoms with Crippen molar-refractivity contribution in [1.29, 1.82) is 0 Å². The van der Waals surface area contributed by atoms with Gasteiger partial charge in [-0.3, -0.25) is 9.59 Å². The first-order chi connectivity index (χ1) is 10.2. The Labute approximate surface area is 125 Å². The van der Waals surface area contributed by atoms with E-state index in [4.69, 9.17) is 4.74 Å². The van der Waals surface area contributed by atoms with Crippen LogP contribution in [0.4, 0.5) is 0 Å². The number of carbonyl (C=O) groups is 2. The van der Waals surface area contributed by atoms with Gasteiger partial charge in [-0.2, -0.15) is 0 Å². The van der Waals surface area contributed by atoms with Gasteiger partial charge in [-0.05, 0) is 19.8 Å². The Morgan fingerprint density at radius 3 is 2.81 bits per heavy atom. The highest BCUT2D eigenvalue weighted by Gasteiger charge is 2.14. The molecule has 0 saturated carbocycles. The molecular formula is C15H25N3O3. The summed E-state index contributed by atoms with van der Waals surface area (Å²) in [7, 11) is 0. The van der Waals surface area contributed by atoms with E-state index in [1.165, 1.54) is 0 Å². The van der Waals surface area contributed by atoms with Gasteiger partial charge in [0, 0.05) is 37.8 Å². The zero-order chi connectivity index (χ0) is 15.5. The van der Waals surface area contributed by atoms with Gasteiger partial charge in [0.15, 0.2) is 0 Å². The molecule has 1 N–H and O–H groups in total. The zero-order valence-corrected chi connectivity index (χ0v) is 12.9. The predicted octanol–water partition coefficient (Wildman–Crippen LogP) is 2.07. The molecule has 0 aliphatic carbocycles. The van der Waals surface area contributed by atoms with E-state index in [0.717, 1.165) is 12.8 Å². The van der Waals surface area contributed by atoms with Crippen molar-refractivity contribution >= 4 is 11.9 Å². The normalized spacial score (nSPS) is 11.9. The second kappa shape index (κ2) is 9.96. The van der Waals surface area contributed by atoms with Crippen LogP contribution in [-0.2, 0) is 14.3 Å². The average molecular weight is 295 g/mol. The number of imidazole rings is 1. The molecule has 1 rings (SSSR count). The van der Waals surface area contributed by atoms with Gasteiger partial charge >= 0.3 is 5.97 Å². The topological polar surface area (TPSA) is 73.2 Å². The monoisotopic (exact) mass is 295 g/mol. The Kier molecular flexibility index (Phi) is 8.16. The number of ether oxygens (including phenoxy) is 1. The summed E-state index contributed by atoms with van der Waals surface area (Å²) in [4.78, 5) is 27.1. The van der Waals surface area contributed by atoms with Crippen LogP contribution in [0, 0.1) is 0 Å². The Morgan fingerprint density at radius 1 is 1.38 bits per heavy atom. The predicted molar refractivity (Wildman–Crippen MR) is 79.7 cm³/mol. The molecule has 6 nitrogen and oxygen atoms in total. The van der Waals surface area contributed by atoms with Crippen molar-refractivity contribution in [3.63, 3.8) is 0 Å².